The van der Waals surface area contributed by atoms with Crippen molar-refractivity contribution in [2.45, 2.75) is 45.1 Å². The summed E-state index contributed by atoms with van der Waals surface area (Å²) < 4.78 is 28.5. The maximum Gasteiger partial charge on any atom is 0.279 e. The number of rotatable bonds is 6. The monoisotopic (exact) mass is 287 g/mol. The molecule has 0 aromatic carbocycles. The van der Waals surface area contributed by atoms with E-state index in [-0.39, 0.29) is 6.04 Å². The first kappa shape index (κ1) is 14.4. The molecule has 108 valence electrons. The third-order valence-corrected chi connectivity index (χ3v) is 5.12. The van der Waals surface area contributed by atoms with Gasteiger partial charge in [0, 0.05) is 25.6 Å². The van der Waals surface area contributed by atoms with Crippen LogP contribution in [0.2, 0.25) is 0 Å². The molecule has 0 saturated carbocycles. The fraction of sp³-hybridized carbons (Fsp3) is 0.818. The molecule has 0 aliphatic carbocycles. The smallest absolute Gasteiger partial charge is 0.263 e. The molecule has 0 bridgehead atoms. The van der Waals surface area contributed by atoms with E-state index in [2.05, 4.69) is 19.9 Å². The van der Waals surface area contributed by atoms with Crippen molar-refractivity contribution < 1.29 is 8.42 Å². The van der Waals surface area contributed by atoms with E-state index in [1.54, 1.807) is 4.31 Å². The molecule has 7 nitrogen and oxygen atoms in total. The van der Waals surface area contributed by atoms with Crippen LogP contribution in [0.5, 0.6) is 0 Å². The van der Waals surface area contributed by atoms with Crippen molar-refractivity contribution in [2.75, 3.05) is 13.1 Å². The van der Waals surface area contributed by atoms with Crippen molar-refractivity contribution in [3.8, 4) is 0 Å². The Kier molecular flexibility index (Phi) is 4.89. The Morgan fingerprint density at radius 3 is 3.05 bits per heavy atom. The Hall–Kier alpha value is -0.990. The minimum absolute atomic E-state index is 0.0977. The molecular formula is C11H21N5O2S. The van der Waals surface area contributed by atoms with Crippen LogP contribution in [0.15, 0.2) is 6.33 Å². The summed E-state index contributed by atoms with van der Waals surface area (Å²) >= 11 is 0. The Labute approximate surface area is 114 Å². The highest BCUT2D eigenvalue weighted by atomic mass is 32.2. The average Bonchev–Trinajstić information content (AvgIpc) is 2.88. The van der Waals surface area contributed by atoms with Crippen molar-refractivity contribution in [3.05, 3.63) is 12.2 Å². The maximum absolute atomic E-state index is 12.1. The lowest BCUT2D eigenvalue weighted by Gasteiger charge is -2.32. The summed E-state index contributed by atoms with van der Waals surface area (Å²) in [6.07, 6.45) is 5.85. The molecule has 0 radical (unpaired) electrons. The number of aryl methyl sites for hydroxylation is 1. The molecule has 1 atom stereocenters. The lowest BCUT2D eigenvalue weighted by atomic mass is 10.1. The van der Waals surface area contributed by atoms with Crippen LogP contribution in [0.1, 0.15) is 38.4 Å². The van der Waals surface area contributed by atoms with E-state index in [4.69, 9.17) is 0 Å². The van der Waals surface area contributed by atoms with Crippen LogP contribution in [-0.2, 0) is 16.6 Å². The van der Waals surface area contributed by atoms with Gasteiger partial charge in [-0.15, -0.1) is 0 Å². The van der Waals surface area contributed by atoms with E-state index in [0.717, 1.165) is 25.1 Å². The minimum atomic E-state index is -3.34. The average molecular weight is 287 g/mol. The van der Waals surface area contributed by atoms with Gasteiger partial charge in [0.25, 0.3) is 10.2 Å². The number of hydrogen-bond acceptors (Lipinski definition) is 4. The van der Waals surface area contributed by atoms with E-state index >= 15 is 0 Å². The van der Waals surface area contributed by atoms with Gasteiger partial charge in [0.2, 0.25) is 0 Å². The van der Waals surface area contributed by atoms with Crippen molar-refractivity contribution in [2.24, 2.45) is 0 Å². The molecule has 0 amide bonds. The predicted octanol–water partition coefficient (Wildman–Crippen LogP) is 0.446. The zero-order valence-corrected chi connectivity index (χ0v) is 12.0. The molecule has 1 aromatic rings. The highest BCUT2D eigenvalue weighted by Crippen LogP contribution is 2.18. The number of piperidine rings is 1. The highest BCUT2D eigenvalue weighted by molar-refractivity contribution is 7.87. The molecule has 2 heterocycles. The van der Waals surface area contributed by atoms with Crippen molar-refractivity contribution in [1.82, 2.24) is 24.2 Å². The van der Waals surface area contributed by atoms with Gasteiger partial charge in [-0.3, -0.25) is 5.10 Å². The van der Waals surface area contributed by atoms with E-state index in [9.17, 15) is 8.42 Å². The number of hydrogen-bond donors (Lipinski definition) is 2. The largest absolute Gasteiger partial charge is 0.279 e. The highest BCUT2D eigenvalue weighted by Gasteiger charge is 2.28. The fourth-order valence-corrected chi connectivity index (χ4v) is 3.84. The van der Waals surface area contributed by atoms with Crippen LogP contribution in [0.4, 0.5) is 0 Å². The fourth-order valence-electron chi connectivity index (χ4n) is 2.32. The second-order valence-electron chi connectivity index (χ2n) is 4.89. The Balaban J connectivity index is 1.77. The molecule has 0 spiro atoms. The molecule has 1 fully saturated rings. The second kappa shape index (κ2) is 6.44. The van der Waals surface area contributed by atoms with Gasteiger partial charge in [-0.2, -0.15) is 17.8 Å². The number of H-pyrrole nitrogens is 1. The van der Waals surface area contributed by atoms with Gasteiger partial charge < -0.3 is 0 Å². The third-order valence-electron chi connectivity index (χ3n) is 3.39. The summed E-state index contributed by atoms with van der Waals surface area (Å²) in [6, 6.07) is 0.0977. The van der Waals surface area contributed by atoms with Gasteiger partial charge in [0.15, 0.2) is 0 Å². The van der Waals surface area contributed by atoms with Gasteiger partial charge in [0.1, 0.15) is 12.2 Å². The Bertz CT molecular complexity index is 473. The minimum Gasteiger partial charge on any atom is -0.263 e. The van der Waals surface area contributed by atoms with Crippen LogP contribution in [0, 0.1) is 0 Å². The summed E-state index contributed by atoms with van der Waals surface area (Å²) in [5.41, 5.74) is 0. The molecule has 8 heteroatoms. The van der Waals surface area contributed by atoms with Gasteiger partial charge in [0.05, 0.1) is 0 Å². The van der Waals surface area contributed by atoms with Crippen molar-refractivity contribution in [3.63, 3.8) is 0 Å². The first-order valence-corrected chi connectivity index (χ1v) is 8.14. The summed E-state index contributed by atoms with van der Waals surface area (Å²) in [5.74, 6) is 0.783. The molecule has 1 aliphatic heterocycles. The van der Waals surface area contributed by atoms with E-state index < -0.39 is 10.2 Å². The SMILES string of the molecule is CC1CCCCN1S(=O)(=O)NCCCc1ncn[nH]1. The molecule has 2 rings (SSSR count). The second-order valence-corrected chi connectivity index (χ2v) is 6.60. The first-order chi connectivity index (χ1) is 9.09. The summed E-state index contributed by atoms with van der Waals surface area (Å²) in [5, 5.41) is 6.51. The van der Waals surface area contributed by atoms with Crippen LogP contribution in [0.25, 0.3) is 0 Å². The molecular weight excluding hydrogens is 266 g/mol. The van der Waals surface area contributed by atoms with Crippen molar-refractivity contribution in [1.29, 1.82) is 0 Å². The Morgan fingerprint density at radius 2 is 2.37 bits per heavy atom. The number of aromatic amines is 1. The maximum atomic E-state index is 12.1. The summed E-state index contributed by atoms with van der Waals surface area (Å²) in [6.45, 7) is 3.01. The third kappa shape index (κ3) is 3.99. The van der Waals surface area contributed by atoms with Gasteiger partial charge in [-0.25, -0.2) is 9.71 Å². The van der Waals surface area contributed by atoms with E-state index in [0.29, 0.717) is 25.9 Å². The Morgan fingerprint density at radius 1 is 1.53 bits per heavy atom. The standard InChI is InChI=1S/C11H21N5O2S/c1-10-5-2-3-8-16(10)19(17,18)14-7-4-6-11-12-9-13-15-11/h9-10,14H,2-8H2,1H3,(H,12,13,15). The number of nitrogens with zero attached hydrogens (tertiary/aromatic N) is 3. The molecule has 19 heavy (non-hydrogen) atoms. The lowest BCUT2D eigenvalue weighted by molar-refractivity contribution is 0.265. The number of aromatic nitrogens is 3. The van der Waals surface area contributed by atoms with Crippen molar-refractivity contribution >= 4 is 10.2 Å². The zero-order valence-electron chi connectivity index (χ0n) is 11.2. The molecule has 1 unspecified atom stereocenters. The normalized spacial score (nSPS) is 21.6. The van der Waals surface area contributed by atoms with Crippen LogP contribution in [0.3, 0.4) is 0 Å². The van der Waals surface area contributed by atoms with Crippen LogP contribution < -0.4 is 4.72 Å². The van der Waals surface area contributed by atoms with Gasteiger partial charge in [-0.1, -0.05) is 6.42 Å². The molecule has 1 aliphatic rings. The zero-order chi connectivity index (χ0) is 13.7. The molecule has 2 N–H and O–H groups in total. The topological polar surface area (TPSA) is 91.0 Å². The molecule has 1 aromatic heterocycles. The van der Waals surface area contributed by atoms with Crippen LogP contribution >= 0.6 is 0 Å². The lowest BCUT2D eigenvalue weighted by Crippen LogP contribution is -2.48. The number of nitrogens with one attached hydrogen (secondary N) is 2. The van der Waals surface area contributed by atoms with Crippen LogP contribution in [-0.4, -0.2) is 47.0 Å². The molecule has 1 saturated heterocycles. The first-order valence-electron chi connectivity index (χ1n) is 6.70. The van der Waals surface area contributed by atoms with E-state index in [1.807, 2.05) is 6.92 Å². The quantitative estimate of drug-likeness (QED) is 0.743. The van der Waals surface area contributed by atoms with Gasteiger partial charge >= 0.3 is 0 Å². The predicted molar refractivity (Wildman–Crippen MR) is 71.6 cm³/mol. The summed E-state index contributed by atoms with van der Waals surface area (Å²) in [7, 11) is -3.34. The summed E-state index contributed by atoms with van der Waals surface area (Å²) in [4.78, 5) is 4.00. The van der Waals surface area contributed by atoms with E-state index in [1.165, 1.54) is 6.33 Å². The van der Waals surface area contributed by atoms with Gasteiger partial charge in [-0.05, 0) is 26.2 Å².